The zero-order valence-electron chi connectivity index (χ0n) is 19.0. The van der Waals surface area contributed by atoms with E-state index in [-0.39, 0.29) is 17.9 Å². The summed E-state index contributed by atoms with van der Waals surface area (Å²) in [5.74, 6) is 0.608. The second-order valence-electron chi connectivity index (χ2n) is 8.70. The van der Waals surface area contributed by atoms with Crippen molar-refractivity contribution in [3.8, 4) is 11.3 Å². The summed E-state index contributed by atoms with van der Waals surface area (Å²) in [5, 5.41) is 5.07. The van der Waals surface area contributed by atoms with Gasteiger partial charge in [0.1, 0.15) is 11.9 Å². The topological polar surface area (TPSA) is 87.3 Å². The minimum absolute atomic E-state index is 0.0612. The molecular weight excluding hydrogens is 404 g/mol. The first-order valence-electron chi connectivity index (χ1n) is 11.1. The van der Waals surface area contributed by atoms with E-state index in [0.29, 0.717) is 6.54 Å². The Hall–Kier alpha value is -3.35. The summed E-state index contributed by atoms with van der Waals surface area (Å²) >= 11 is 0. The summed E-state index contributed by atoms with van der Waals surface area (Å²) in [4.78, 5) is 35.0. The molecule has 7 heteroatoms. The number of carbonyl (C=O) groups is 2. The number of H-pyrrole nitrogens is 1. The predicted octanol–water partition coefficient (Wildman–Crippen LogP) is 4.58. The summed E-state index contributed by atoms with van der Waals surface area (Å²) in [7, 11) is 1.30. The number of hydrogen-bond acceptors (Lipinski definition) is 4. The largest absolute Gasteiger partial charge is 0.453 e. The highest BCUT2D eigenvalue weighted by Crippen LogP contribution is 2.34. The van der Waals surface area contributed by atoms with Crippen LogP contribution in [0.1, 0.15) is 44.1 Å². The third-order valence-electron chi connectivity index (χ3n) is 6.27. The molecule has 0 saturated carbocycles. The molecule has 0 radical (unpaired) electrons. The number of benzene rings is 2. The number of nitrogens with one attached hydrogen (secondary N) is 2. The van der Waals surface area contributed by atoms with E-state index in [0.717, 1.165) is 29.9 Å². The normalized spacial score (nSPS) is 17.0. The van der Waals surface area contributed by atoms with Crippen LogP contribution >= 0.6 is 0 Å². The SMILES string of the molecule is COC(=O)N[C@@H](C(=O)N1CCC[C@H]1c1ncc(-c2ccc(C)c3ccccc23)[nH]1)C(C)C. The number of likely N-dealkylation sites (tertiary alicyclic amines) is 1. The van der Waals surface area contributed by atoms with E-state index in [1.807, 2.05) is 37.1 Å². The molecule has 1 saturated heterocycles. The van der Waals surface area contributed by atoms with Crippen molar-refractivity contribution in [3.05, 3.63) is 54.0 Å². The van der Waals surface area contributed by atoms with Crippen LogP contribution in [0.3, 0.4) is 0 Å². The molecule has 0 unspecified atom stereocenters. The predicted molar refractivity (Wildman–Crippen MR) is 124 cm³/mol. The number of fused-ring (bicyclic) bond motifs is 1. The lowest BCUT2D eigenvalue weighted by atomic mass is 9.99. The third-order valence-corrected chi connectivity index (χ3v) is 6.27. The van der Waals surface area contributed by atoms with Gasteiger partial charge in [0.05, 0.1) is 25.0 Å². The Balaban J connectivity index is 1.62. The molecule has 168 valence electrons. The van der Waals surface area contributed by atoms with E-state index in [2.05, 4.69) is 46.5 Å². The second kappa shape index (κ2) is 9.02. The Morgan fingerprint density at radius 2 is 1.94 bits per heavy atom. The van der Waals surface area contributed by atoms with Crippen LogP contribution in [0, 0.1) is 12.8 Å². The van der Waals surface area contributed by atoms with Crippen molar-refractivity contribution in [2.75, 3.05) is 13.7 Å². The fourth-order valence-electron chi connectivity index (χ4n) is 4.52. The average Bonchev–Trinajstić information content (AvgIpc) is 3.46. The zero-order chi connectivity index (χ0) is 22.8. The van der Waals surface area contributed by atoms with Crippen molar-refractivity contribution >= 4 is 22.8 Å². The molecule has 1 fully saturated rings. The van der Waals surface area contributed by atoms with Gasteiger partial charge in [0.2, 0.25) is 5.91 Å². The maximum atomic E-state index is 13.3. The maximum Gasteiger partial charge on any atom is 0.407 e. The van der Waals surface area contributed by atoms with Gasteiger partial charge in [-0.2, -0.15) is 0 Å². The standard InChI is InChI=1S/C25H30N4O3/c1-15(2)22(28-25(31)32-4)24(30)29-13-7-10-21(29)23-26-14-20(27-23)19-12-11-16(3)17-8-5-6-9-18(17)19/h5-6,8-9,11-12,14-15,21-22H,7,10,13H2,1-4H3,(H,26,27)(H,28,31)/t21-,22+/m0/s1. The van der Waals surface area contributed by atoms with Crippen LogP contribution in [0.2, 0.25) is 0 Å². The Morgan fingerprint density at radius 3 is 2.66 bits per heavy atom. The van der Waals surface area contributed by atoms with Crippen LogP contribution < -0.4 is 5.32 Å². The molecule has 32 heavy (non-hydrogen) atoms. The molecular formula is C25H30N4O3. The number of nitrogens with zero attached hydrogens (tertiary/aromatic N) is 2. The highest BCUT2D eigenvalue weighted by atomic mass is 16.5. The summed E-state index contributed by atoms with van der Waals surface area (Å²) in [6.45, 7) is 6.58. The second-order valence-corrected chi connectivity index (χ2v) is 8.70. The van der Waals surface area contributed by atoms with Crippen LogP contribution in [-0.2, 0) is 9.53 Å². The molecule has 0 spiro atoms. The number of imidazole rings is 1. The monoisotopic (exact) mass is 434 g/mol. The van der Waals surface area contributed by atoms with Gasteiger partial charge in [-0.3, -0.25) is 4.79 Å². The molecule has 1 aliphatic rings. The smallest absolute Gasteiger partial charge is 0.407 e. The van der Waals surface area contributed by atoms with Crippen molar-refractivity contribution in [2.24, 2.45) is 5.92 Å². The first-order chi connectivity index (χ1) is 15.4. The first-order valence-corrected chi connectivity index (χ1v) is 11.1. The van der Waals surface area contributed by atoms with Gasteiger partial charge < -0.3 is 19.9 Å². The van der Waals surface area contributed by atoms with Crippen molar-refractivity contribution in [1.29, 1.82) is 0 Å². The Labute approximate surface area is 188 Å². The van der Waals surface area contributed by atoms with Crippen molar-refractivity contribution < 1.29 is 14.3 Å². The zero-order valence-corrected chi connectivity index (χ0v) is 19.0. The van der Waals surface area contributed by atoms with Gasteiger partial charge in [-0.1, -0.05) is 50.2 Å². The van der Waals surface area contributed by atoms with E-state index >= 15 is 0 Å². The van der Waals surface area contributed by atoms with Gasteiger partial charge in [0.25, 0.3) is 0 Å². The van der Waals surface area contributed by atoms with Crippen LogP contribution in [0.4, 0.5) is 4.79 Å². The summed E-state index contributed by atoms with van der Waals surface area (Å²) in [6, 6.07) is 11.8. The van der Waals surface area contributed by atoms with Gasteiger partial charge in [-0.15, -0.1) is 0 Å². The summed E-state index contributed by atoms with van der Waals surface area (Å²) in [6.07, 6.45) is 2.97. The fraction of sp³-hybridized carbons (Fsp3) is 0.400. The lowest BCUT2D eigenvalue weighted by Crippen LogP contribution is -2.51. The number of aromatic amines is 1. The van der Waals surface area contributed by atoms with Crippen molar-refractivity contribution in [3.63, 3.8) is 0 Å². The van der Waals surface area contributed by atoms with Crippen molar-refractivity contribution in [1.82, 2.24) is 20.2 Å². The molecule has 3 aromatic rings. The van der Waals surface area contributed by atoms with E-state index in [1.165, 1.54) is 23.4 Å². The number of carbonyl (C=O) groups excluding carboxylic acids is 2. The average molecular weight is 435 g/mol. The lowest BCUT2D eigenvalue weighted by molar-refractivity contribution is -0.135. The molecule has 0 aliphatic carbocycles. The van der Waals surface area contributed by atoms with Crippen LogP contribution in [0.5, 0.6) is 0 Å². The molecule has 4 rings (SSSR count). The van der Waals surface area contributed by atoms with Crippen molar-refractivity contribution in [2.45, 2.75) is 45.7 Å². The van der Waals surface area contributed by atoms with Crippen LogP contribution in [0.15, 0.2) is 42.6 Å². The number of methoxy groups -OCH3 is 1. The summed E-state index contributed by atoms with van der Waals surface area (Å²) in [5.41, 5.74) is 3.26. The first kappa shape index (κ1) is 21.9. The minimum atomic E-state index is -0.640. The van der Waals surface area contributed by atoms with E-state index < -0.39 is 12.1 Å². The fourth-order valence-corrected chi connectivity index (χ4v) is 4.52. The Morgan fingerprint density at radius 1 is 1.19 bits per heavy atom. The quantitative estimate of drug-likeness (QED) is 0.615. The van der Waals surface area contributed by atoms with E-state index in [9.17, 15) is 9.59 Å². The molecule has 2 N–H and O–H groups in total. The molecule has 2 atom stereocenters. The Bertz CT molecular complexity index is 1140. The van der Waals surface area contributed by atoms with E-state index in [4.69, 9.17) is 4.74 Å². The highest BCUT2D eigenvalue weighted by molar-refractivity contribution is 5.97. The molecule has 2 aromatic carbocycles. The third kappa shape index (κ3) is 4.07. The molecule has 7 nitrogen and oxygen atoms in total. The molecule has 2 amide bonds. The van der Waals surface area contributed by atoms with Gasteiger partial charge in [0.15, 0.2) is 0 Å². The molecule has 1 aromatic heterocycles. The number of rotatable bonds is 5. The lowest BCUT2D eigenvalue weighted by Gasteiger charge is -2.30. The van der Waals surface area contributed by atoms with E-state index in [1.54, 1.807) is 0 Å². The van der Waals surface area contributed by atoms with Crippen LogP contribution in [0.25, 0.3) is 22.0 Å². The number of aromatic nitrogens is 2. The highest BCUT2D eigenvalue weighted by Gasteiger charge is 2.37. The van der Waals surface area contributed by atoms with Crippen LogP contribution in [-0.4, -0.2) is 46.6 Å². The number of aryl methyl sites for hydroxylation is 1. The van der Waals surface area contributed by atoms with Gasteiger partial charge in [-0.05, 0) is 42.0 Å². The maximum absolute atomic E-state index is 13.3. The Kier molecular flexibility index (Phi) is 6.17. The number of ether oxygens (including phenoxy) is 1. The number of alkyl carbamates (subject to hydrolysis) is 1. The number of hydrogen-bond donors (Lipinski definition) is 2. The summed E-state index contributed by atoms with van der Waals surface area (Å²) < 4.78 is 4.71. The molecule has 1 aliphatic heterocycles. The molecule has 2 heterocycles. The van der Waals surface area contributed by atoms with Gasteiger partial charge >= 0.3 is 6.09 Å². The van der Waals surface area contributed by atoms with Gasteiger partial charge in [0, 0.05) is 12.1 Å². The molecule has 0 bridgehead atoms. The number of amides is 2. The van der Waals surface area contributed by atoms with Gasteiger partial charge in [-0.25, -0.2) is 9.78 Å². The minimum Gasteiger partial charge on any atom is -0.453 e.